The first kappa shape index (κ1) is 24.9. The fraction of sp³-hybridized carbons (Fsp3) is 0.500. The van der Waals surface area contributed by atoms with Crippen LogP contribution in [0.1, 0.15) is 18.9 Å². The number of amides is 1. The molecule has 11 heteroatoms. The Morgan fingerprint density at radius 3 is 2.52 bits per heavy atom. The number of nitrogens with zero attached hydrogens (tertiary/aromatic N) is 4. The average Bonchev–Trinajstić information content (AvgIpc) is 3.17. The minimum Gasteiger partial charge on any atom is -0.367 e. The van der Waals surface area contributed by atoms with E-state index in [2.05, 4.69) is 15.4 Å². The van der Waals surface area contributed by atoms with Gasteiger partial charge in [-0.3, -0.25) is 15.0 Å². The fourth-order valence-electron chi connectivity index (χ4n) is 3.99. The molecule has 0 bridgehead atoms. The Balaban J connectivity index is 1.91. The van der Waals surface area contributed by atoms with Gasteiger partial charge < -0.3 is 10.6 Å². The lowest BCUT2D eigenvalue weighted by molar-refractivity contribution is -0.134. The topological polar surface area (TPSA) is 131 Å². The lowest BCUT2D eigenvalue weighted by atomic mass is 9.84. The second-order valence-electron chi connectivity index (χ2n) is 8.64. The Morgan fingerprint density at radius 2 is 1.88 bits per heavy atom. The molecule has 1 amide bonds. The van der Waals surface area contributed by atoms with Gasteiger partial charge >= 0.3 is 0 Å². The predicted molar refractivity (Wildman–Crippen MR) is 125 cm³/mol. The van der Waals surface area contributed by atoms with Gasteiger partial charge in [0.25, 0.3) is 5.91 Å². The molecule has 3 rings (SSSR count). The van der Waals surface area contributed by atoms with Gasteiger partial charge in [-0.2, -0.15) is 9.89 Å². The van der Waals surface area contributed by atoms with Crippen LogP contribution in [0.4, 0.5) is 0 Å². The summed E-state index contributed by atoms with van der Waals surface area (Å²) in [7, 11) is -1.80. The summed E-state index contributed by atoms with van der Waals surface area (Å²) in [5.41, 5.74) is 7.33. The number of likely N-dealkylation sites (N-methyl/N-ethyl adjacent to an activating group) is 1. The van der Waals surface area contributed by atoms with Crippen LogP contribution < -0.4 is 11.2 Å². The summed E-state index contributed by atoms with van der Waals surface area (Å²) in [5, 5.41) is 3.99. The molecule has 0 spiro atoms. The second-order valence-corrected chi connectivity index (χ2v) is 10.7. The lowest BCUT2D eigenvalue weighted by Crippen LogP contribution is -2.60. The first-order chi connectivity index (χ1) is 15.6. The number of Topliss-reactive ketones (excluding diaryl/α,β-unsaturated/α-hetero) is 1. The van der Waals surface area contributed by atoms with Crippen molar-refractivity contribution in [3.05, 3.63) is 54.4 Å². The first-order valence-electron chi connectivity index (χ1n) is 10.9. The molecule has 0 radical (unpaired) electrons. The van der Waals surface area contributed by atoms with Crippen LogP contribution in [0.5, 0.6) is 0 Å². The number of aromatic nitrogens is 2. The largest absolute Gasteiger partial charge is 0.367 e. The van der Waals surface area contributed by atoms with Crippen LogP contribution in [0, 0.1) is 5.92 Å². The highest BCUT2D eigenvalue weighted by Crippen LogP contribution is 2.22. The summed E-state index contributed by atoms with van der Waals surface area (Å²) in [4.78, 5) is 29.5. The molecule has 2 atom stereocenters. The van der Waals surface area contributed by atoms with Crippen molar-refractivity contribution >= 4 is 21.7 Å². The molecule has 1 fully saturated rings. The van der Waals surface area contributed by atoms with E-state index in [1.165, 1.54) is 28.4 Å². The molecule has 1 saturated heterocycles. The summed E-state index contributed by atoms with van der Waals surface area (Å²) in [6, 6.07) is 10.8. The van der Waals surface area contributed by atoms with Crippen molar-refractivity contribution in [1.82, 2.24) is 19.1 Å². The normalized spacial score (nSPS) is 18.7. The predicted octanol–water partition coefficient (Wildman–Crippen LogP) is 0.0659. The zero-order valence-corrected chi connectivity index (χ0v) is 19.9. The maximum absolute atomic E-state index is 13.7. The first-order valence-corrected chi connectivity index (χ1v) is 12.5. The van der Waals surface area contributed by atoms with Crippen LogP contribution in [0.3, 0.4) is 0 Å². The molecule has 3 N–H and O–H groups in total. The minimum atomic E-state index is -3.76. The molecule has 1 aromatic carbocycles. The van der Waals surface area contributed by atoms with Crippen molar-refractivity contribution in [3.8, 4) is 0 Å². The molecule has 33 heavy (non-hydrogen) atoms. The van der Waals surface area contributed by atoms with Gasteiger partial charge in [0.1, 0.15) is 0 Å². The molecular formula is C22H32N6O4S. The number of hydrogen-bond donors (Lipinski definition) is 2. The van der Waals surface area contributed by atoms with Gasteiger partial charge in [-0.15, -0.1) is 0 Å². The van der Waals surface area contributed by atoms with Gasteiger partial charge in [0, 0.05) is 31.7 Å². The fourth-order valence-corrected chi connectivity index (χ4v) is 5.75. The number of nitrogens with two attached hydrogens (primary N) is 1. The Labute approximate surface area is 194 Å². The number of rotatable bonds is 10. The zero-order valence-electron chi connectivity index (χ0n) is 19.1. The Bertz CT molecular complexity index is 1040. The van der Waals surface area contributed by atoms with Crippen molar-refractivity contribution in [2.24, 2.45) is 11.7 Å². The van der Waals surface area contributed by atoms with Crippen molar-refractivity contribution in [1.29, 1.82) is 0 Å². The second kappa shape index (κ2) is 10.4. The molecule has 0 aliphatic carbocycles. The van der Waals surface area contributed by atoms with E-state index < -0.39 is 38.9 Å². The van der Waals surface area contributed by atoms with E-state index in [1.54, 1.807) is 6.07 Å². The summed E-state index contributed by atoms with van der Waals surface area (Å²) in [6.07, 6.45) is 3.90. The summed E-state index contributed by atoms with van der Waals surface area (Å²) in [6.45, 7) is 3.56. The summed E-state index contributed by atoms with van der Waals surface area (Å²) >= 11 is 0. The maximum Gasteiger partial charge on any atom is 0.252 e. The standard InChI is InChI=1S/C22H32N6O4S/c1-22(21(23)30,25-28-13-6-10-24-28)20(29)19(16-18-8-4-3-5-9-18)17-33(31,32)27-12-7-11-26(2)14-15-27/h3-6,8-10,13,19,25H,7,11-12,14-17H2,1-2H3,(H2,23,30)/t19?,22-/m1/s1. The highest BCUT2D eigenvalue weighted by molar-refractivity contribution is 7.89. The van der Waals surface area contributed by atoms with Crippen LogP contribution in [0.2, 0.25) is 0 Å². The zero-order chi connectivity index (χ0) is 24.1. The number of nitrogens with one attached hydrogen (secondary N) is 1. The molecule has 2 heterocycles. The number of hydrogen-bond acceptors (Lipinski definition) is 7. The molecule has 1 unspecified atom stereocenters. The van der Waals surface area contributed by atoms with E-state index in [9.17, 15) is 18.0 Å². The van der Waals surface area contributed by atoms with Crippen molar-refractivity contribution < 1.29 is 18.0 Å². The van der Waals surface area contributed by atoms with E-state index >= 15 is 0 Å². The number of carbonyl (C=O) groups is 2. The average molecular weight is 477 g/mol. The van der Waals surface area contributed by atoms with Crippen LogP contribution in [0.15, 0.2) is 48.8 Å². The quantitative estimate of drug-likeness (QED) is 0.464. The molecule has 2 aromatic rings. The molecular weight excluding hydrogens is 444 g/mol. The van der Waals surface area contributed by atoms with Gasteiger partial charge in [0.15, 0.2) is 11.3 Å². The Hall–Kier alpha value is -2.76. The lowest BCUT2D eigenvalue weighted by Gasteiger charge is -2.31. The van der Waals surface area contributed by atoms with Crippen LogP contribution in [-0.2, 0) is 26.0 Å². The van der Waals surface area contributed by atoms with Crippen LogP contribution >= 0.6 is 0 Å². The molecule has 1 aliphatic heterocycles. The number of carbonyl (C=O) groups excluding carboxylic acids is 2. The SMILES string of the molecule is CN1CCCN(S(=O)(=O)CC(Cc2ccccc2)C(=O)[C@@](C)(Nn2cccn2)C(N)=O)CC1. The van der Waals surface area contributed by atoms with Gasteiger partial charge in [-0.05, 0) is 45.0 Å². The van der Waals surface area contributed by atoms with E-state index in [-0.39, 0.29) is 6.42 Å². The van der Waals surface area contributed by atoms with Crippen molar-refractivity contribution in [3.63, 3.8) is 0 Å². The smallest absolute Gasteiger partial charge is 0.252 e. The van der Waals surface area contributed by atoms with Crippen LogP contribution in [-0.4, -0.2) is 83.7 Å². The van der Waals surface area contributed by atoms with Crippen molar-refractivity contribution in [2.75, 3.05) is 44.4 Å². The number of benzene rings is 1. The molecule has 1 aromatic heterocycles. The number of ketones is 1. The van der Waals surface area contributed by atoms with E-state index in [0.29, 0.717) is 26.1 Å². The minimum absolute atomic E-state index is 0.163. The van der Waals surface area contributed by atoms with Crippen LogP contribution in [0.25, 0.3) is 0 Å². The van der Waals surface area contributed by atoms with Gasteiger partial charge in [-0.25, -0.2) is 12.7 Å². The van der Waals surface area contributed by atoms with E-state index in [1.807, 2.05) is 37.4 Å². The van der Waals surface area contributed by atoms with E-state index in [4.69, 9.17) is 5.73 Å². The molecule has 180 valence electrons. The Kier molecular flexibility index (Phi) is 7.88. The highest BCUT2D eigenvalue weighted by Gasteiger charge is 2.45. The van der Waals surface area contributed by atoms with Gasteiger partial charge in [0.2, 0.25) is 10.0 Å². The Morgan fingerprint density at radius 1 is 1.15 bits per heavy atom. The molecule has 1 aliphatic rings. The molecule has 10 nitrogen and oxygen atoms in total. The molecule has 0 saturated carbocycles. The van der Waals surface area contributed by atoms with E-state index in [0.717, 1.165) is 12.1 Å². The van der Waals surface area contributed by atoms with Gasteiger partial charge in [-0.1, -0.05) is 30.3 Å². The number of sulfonamides is 1. The number of primary amides is 1. The van der Waals surface area contributed by atoms with Gasteiger partial charge in [0.05, 0.1) is 11.9 Å². The third-order valence-corrected chi connectivity index (χ3v) is 7.98. The summed E-state index contributed by atoms with van der Waals surface area (Å²) < 4.78 is 28.2. The maximum atomic E-state index is 13.7. The third kappa shape index (κ3) is 6.18. The third-order valence-electron chi connectivity index (χ3n) is 6.01. The summed E-state index contributed by atoms with van der Waals surface area (Å²) in [5.74, 6) is -2.90. The van der Waals surface area contributed by atoms with Crippen molar-refractivity contribution in [2.45, 2.75) is 25.3 Å². The monoisotopic (exact) mass is 476 g/mol. The highest BCUT2D eigenvalue weighted by atomic mass is 32.2.